The lowest BCUT2D eigenvalue weighted by atomic mass is 9.99. The van der Waals surface area contributed by atoms with E-state index in [-0.39, 0.29) is 11.0 Å². The molecule has 1 atom stereocenters. The highest BCUT2D eigenvalue weighted by atomic mass is 32.2. The lowest BCUT2D eigenvalue weighted by Crippen LogP contribution is -2.38. The lowest BCUT2D eigenvalue weighted by molar-refractivity contribution is 0.0202. The number of rotatable bonds is 5. The first kappa shape index (κ1) is 17.0. The van der Waals surface area contributed by atoms with Gasteiger partial charge in [-0.05, 0) is 35.4 Å². The van der Waals surface area contributed by atoms with Crippen LogP contribution in [0, 0.1) is 0 Å². The van der Waals surface area contributed by atoms with Crippen LogP contribution in [-0.2, 0) is 27.8 Å². The second-order valence-electron chi connectivity index (χ2n) is 5.87. The van der Waals surface area contributed by atoms with E-state index in [1.54, 1.807) is 38.4 Å². The Labute approximate surface area is 142 Å². The van der Waals surface area contributed by atoms with Crippen molar-refractivity contribution in [1.29, 1.82) is 0 Å². The monoisotopic (exact) mass is 347 g/mol. The summed E-state index contributed by atoms with van der Waals surface area (Å²) in [6.07, 6.45) is 0.580. The second-order valence-corrected chi connectivity index (χ2v) is 7.91. The van der Waals surface area contributed by atoms with Gasteiger partial charge in [-0.2, -0.15) is 4.31 Å². The zero-order valence-electron chi connectivity index (χ0n) is 13.8. The van der Waals surface area contributed by atoms with E-state index in [4.69, 9.17) is 9.47 Å². The normalized spacial score (nSPS) is 17.5. The molecular formula is C18H21NO4S. The van der Waals surface area contributed by atoms with Gasteiger partial charge in [-0.1, -0.05) is 24.3 Å². The van der Waals surface area contributed by atoms with E-state index in [2.05, 4.69) is 6.07 Å². The Hall–Kier alpha value is -1.89. The van der Waals surface area contributed by atoms with Crippen molar-refractivity contribution < 1.29 is 17.9 Å². The van der Waals surface area contributed by atoms with Crippen LogP contribution in [0.15, 0.2) is 53.4 Å². The van der Waals surface area contributed by atoms with E-state index in [0.29, 0.717) is 18.9 Å². The molecule has 0 fully saturated rings. The van der Waals surface area contributed by atoms with Gasteiger partial charge in [0.25, 0.3) is 0 Å². The minimum atomic E-state index is -3.54. The summed E-state index contributed by atoms with van der Waals surface area (Å²) in [5.41, 5.74) is 2.40. The number of ether oxygens (including phenoxy) is 2. The lowest BCUT2D eigenvalue weighted by Gasteiger charge is -2.28. The van der Waals surface area contributed by atoms with Crippen molar-refractivity contribution >= 4 is 10.0 Å². The molecule has 1 aliphatic rings. The number of fused-ring (bicyclic) bond motifs is 1. The average Bonchev–Trinajstić information content (AvgIpc) is 2.61. The Bertz CT molecular complexity index is 802. The maximum absolute atomic E-state index is 12.7. The SMILES string of the molecule is COc1ccc(S(=O)(=O)N(C)CC2Cc3ccccc3CO2)cc1. The number of hydrogen-bond donors (Lipinski definition) is 0. The number of hydrogen-bond acceptors (Lipinski definition) is 4. The van der Waals surface area contributed by atoms with Crippen molar-refractivity contribution in [2.75, 3.05) is 20.7 Å². The van der Waals surface area contributed by atoms with Gasteiger partial charge in [0.15, 0.2) is 0 Å². The minimum absolute atomic E-state index is 0.141. The third-order valence-corrected chi connectivity index (χ3v) is 6.11. The molecule has 0 aromatic heterocycles. The van der Waals surface area contributed by atoms with Crippen LogP contribution in [0.2, 0.25) is 0 Å². The second kappa shape index (κ2) is 6.93. The van der Waals surface area contributed by atoms with Crippen molar-refractivity contribution in [2.45, 2.75) is 24.0 Å². The van der Waals surface area contributed by atoms with Crippen molar-refractivity contribution in [3.63, 3.8) is 0 Å². The summed E-state index contributed by atoms with van der Waals surface area (Å²) in [7, 11) is -0.407. The van der Waals surface area contributed by atoms with Gasteiger partial charge in [0.2, 0.25) is 10.0 Å². The highest BCUT2D eigenvalue weighted by Crippen LogP contribution is 2.23. The first-order valence-corrected chi connectivity index (χ1v) is 9.23. The molecule has 0 spiro atoms. The third-order valence-electron chi connectivity index (χ3n) is 4.27. The molecule has 0 amide bonds. The molecule has 1 unspecified atom stereocenters. The molecule has 3 rings (SSSR count). The fourth-order valence-corrected chi connectivity index (χ4v) is 4.04. The molecule has 2 aromatic carbocycles. The summed E-state index contributed by atoms with van der Waals surface area (Å²) in [6.45, 7) is 0.847. The average molecular weight is 347 g/mol. The summed E-state index contributed by atoms with van der Waals surface area (Å²) >= 11 is 0. The molecule has 0 saturated heterocycles. The smallest absolute Gasteiger partial charge is 0.242 e. The molecule has 24 heavy (non-hydrogen) atoms. The summed E-state index contributed by atoms with van der Waals surface area (Å²) in [5, 5.41) is 0. The molecule has 0 N–H and O–H groups in total. The number of benzene rings is 2. The Morgan fingerprint density at radius 2 is 1.79 bits per heavy atom. The van der Waals surface area contributed by atoms with E-state index < -0.39 is 10.0 Å². The maximum atomic E-state index is 12.7. The van der Waals surface area contributed by atoms with Gasteiger partial charge in [-0.25, -0.2) is 8.42 Å². The molecule has 0 aliphatic carbocycles. The van der Waals surface area contributed by atoms with E-state index >= 15 is 0 Å². The van der Waals surface area contributed by atoms with Crippen LogP contribution < -0.4 is 4.74 Å². The van der Waals surface area contributed by atoms with Crippen LogP contribution in [0.25, 0.3) is 0 Å². The Morgan fingerprint density at radius 3 is 2.46 bits per heavy atom. The molecule has 0 saturated carbocycles. The molecule has 0 bridgehead atoms. The highest BCUT2D eigenvalue weighted by molar-refractivity contribution is 7.89. The maximum Gasteiger partial charge on any atom is 0.242 e. The van der Waals surface area contributed by atoms with E-state index in [1.165, 1.54) is 15.4 Å². The van der Waals surface area contributed by atoms with E-state index in [1.807, 2.05) is 18.2 Å². The summed E-state index contributed by atoms with van der Waals surface area (Å²) < 4.78 is 37.6. The minimum Gasteiger partial charge on any atom is -0.497 e. The van der Waals surface area contributed by atoms with Crippen LogP contribution in [-0.4, -0.2) is 39.5 Å². The van der Waals surface area contributed by atoms with Gasteiger partial charge in [0.1, 0.15) is 5.75 Å². The van der Waals surface area contributed by atoms with Gasteiger partial charge >= 0.3 is 0 Å². The zero-order chi connectivity index (χ0) is 17.2. The summed E-state index contributed by atoms with van der Waals surface area (Å²) in [5.74, 6) is 0.629. The fraction of sp³-hybridized carbons (Fsp3) is 0.333. The summed E-state index contributed by atoms with van der Waals surface area (Å²) in [4.78, 5) is 0.252. The fourth-order valence-electron chi connectivity index (χ4n) is 2.84. The Kier molecular flexibility index (Phi) is 4.89. The number of nitrogens with zero attached hydrogens (tertiary/aromatic N) is 1. The molecule has 6 heteroatoms. The van der Waals surface area contributed by atoms with Crippen molar-refractivity contribution in [3.8, 4) is 5.75 Å². The number of likely N-dealkylation sites (N-methyl/N-ethyl adjacent to an activating group) is 1. The standard InChI is InChI=1S/C18H21NO4S/c1-19(24(20,21)18-9-7-16(22-2)8-10-18)12-17-11-14-5-3-4-6-15(14)13-23-17/h3-10,17H,11-13H2,1-2H3. The van der Waals surface area contributed by atoms with Crippen molar-refractivity contribution in [2.24, 2.45) is 0 Å². The van der Waals surface area contributed by atoms with Crippen LogP contribution in [0.5, 0.6) is 5.75 Å². The third kappa shape index (κ3) is 3.45. The highest BCUT2D eigenvalue weighted by Gasteiger charge is 2.26. The summed E-state index contributed by atoms with van der Waals surface area (Å²) in [6, 6.07) is 14.5. The van der Waals surface area contributed by atoms with Crippen LogP contribution in [0.1, 0.15) is 11.1 Å². The Morgan fingerprint density at radius 1 is 1.12 bits per heavy atom. The quantitative estimate of drug-likeness (QED) is 0.834. The van der Waals surface area contributed by atoms with E-state index in [9.17, 15) is 8.42 Å². The molecule has 1 heterocycles. The first-order valence-electron chi connectivity index (χ1n) is 7.79. The predicted molar refractivity (Wildman–Crippen MR) is 91.5 cm³/mol. The first-order chi connectivity index (χ1) is 11.5. The van der Waals surface area contributed by atoms with Crippen LogP contribution in [0.3, 0.4) is 0 Å². The molecule has 0 radical (unpaired) electrons. The largest absolute Gasteiger partial charge is 0.497 e. The van der Waals surface area contributed by atoms with Gasteiger partial charge < -0.3 is 9.47 Å². The number of methoxy groups -OCH3 is 1. The molecule has 2 aromatic rings. The molecule has 5 nitrogen and oxygen atoms in total. The van der Waals surface area contributed by atoms with Crippen molar-refractivity contribution in [3.05, 3.63) is 59.7 Å². The predicted octanol–water partition coefficient (Wildman–Crippen LogP) is 2.46. The Balaban J connectivity index is 1.71. The van der Waals surface area contributed by atoms with Crippen LogP contribution in [0.4, 0.5) is 0 Å². The topological polar surface area (TPSA) is 55.8 Å². The van der Waals surface area contributed by atoms with Gasteiger partial charge in [-0.15, -0.1) is 0 Å². The molecule has 1 aliphatic heterocycles. The molecular weight excluding hydrogens is 326 g/mol. The van der Waals surface area contributed by atoms with Crippen molar-refractivity contribution in [1.82, 2.24) is 4.31 Å². The number of sulfonamides is 1. The molecule has 128 valence electrons. The van der Waals surface area contributed by atoms with Gasteiger partial charge in [0.05, 0.1) is 24.7 Å². The van der Waals surface area contributed by atoms with E-state index in [0.717, 1.165) is 6.42 Å². The van der Waals surface area contributed by atoms with Gasteiger partial charge in [-0.3, -0.25) is 0 Å². The zero-order valence-corrected chi connectivity index (χ0v) is 14.6. The van der Waals surface area contributed by atoms with Gasteiger partial charge in [0, 0.05) is 20.0 Å². The van der Waals surface area contributed by atoms with Crippen LogP contribution >= 0.6 is 0 Å².